The Hall–Kier alpha value is -3.27. The topological polar surface area (TPSA) is 128 Å². The first-order valence-electron chi connectivity index (χ1n) is 7.42. The third kappa shape index (κ3) is 4.42. The van der Waals surface area contributed by atoms with Crippen LogP contribution in [0.25, 0.3) is 0 Å². The number of nitro groups is 1. The van der Waals surface area contributed by atoms with Gasteiger partial charge in [-0.1, -0.05) is 42.5 Å². The highest BCUT2D eigenvalue weighted by Crippen LogP contribution is 2.22. The van der Waals surface area contributed by atoms with Gasteiger partial charge in [-0.15, -0.1) is 5.10 Å². The van der Waals surface area contributed by atoms with Crippen LogP contribution in [0.4, 0.5) is 5.69 Å². The van der Waals surface area contributed by atoms with Gasteiger partial charge in [0.25, 0.3) is 21.6 Å². The van der Waals surface area contributed by atoms with Crippen molar-refractivity contribution in [1.29, 1.82) is 0 Å². The Bertz CT molecular complexity index is 941. The average molecular weight is 377 g/mol. The quantitative estimate of drug-likeness (QED) is 0.259. The second-order valence-corrected chi connectivity index (χ2v) is 6.49. The molecule has 0 saturated heterocycles. The van der Waals surface area contributed by atoms with E-state index < -0.39 is 37.2 Å². The third-order valence-corrected chi connectivity index (χ3v) is 4.39. The Balaban J connectivity index is 2.35. The molecule has 0 aliphatic carbocycles. The van der Waals surface area contributed by atoms with Gasteiger partial charge in [0.2, 0.25) is 5.78 Å². The molecule has 0 amide bonds. The summed E-state index contributed by atoms with van der Waals surface area (Å²) in [7, 11) is -4.38. The molecule has 0 heterocycles. The number of carbonyl (C=O) groups is 1. The maximum absolute atomic E-state index is 12.4. The number of ether oxygens (including phenoxy) is 1. The Labute approximate surface area is 149 Å². The van der Waals surface area contributed by atoms with Gasteiger partial charge in [0.15, 0.2) is 4.90 Å². The molecule has 0 aromatic heterocycles. The van der Waals surface area contributed by atoms with Crippen LogP contribution < -0.4 is 4.83 Å². The van der Waals surface area contributed by atoms with Gasteiger partial charge >= 0.3 is 0 Å². The summed E-state index contributed by atoms with van der Waals surface area (Å²) in [5.74, 6) is -1.10. The van der Waals surface area contributed by atoms with Gasteiger partial charge in [-0.05, 0) is 13.0 Å². The Morgan fingerprint density at radius 2 is 1.77 bits per heavy atom. The largest absolute Gasteiger partial charge is 0.474 e. The fourth-order valence-corrected chi connectivity index (χ4v) is 2.96. The van der Waals surface area contributed by atoms with E-state index in [1.165, 1.54) is 24.3 Å². The molecule has 0 spiro atoms. The van der Waals surface area contributed by atoms with E-state index in [1.54, 1.807) is 25.1 Å². The summed E-state index contributed by atoms with van der Waals surface area (Å²) in [5.41, 5.74) is -0.355. The predicted molar refractivity (Wildman–Crippen MR) is 93.3 cm³/mol. The monoisotopic (exact) mass is 377 g/mol. The lowest BCUT2D eigenvalue weighted by Crippen LogP contribution is -2.26. The van der Waals surface area contributed by atoms with Crippen molar-refractivity contribution in [2.75, 3.05) is 6.61 Å². The first-order chi connectivity index (χ1) is 12.4. The highest BCUT2D eigenvalue weighted by atomic mass is 32.2. The molecule has 10 heteroatoms. The zero-order valence-electron chi connectivity index (χ0n) is 13.7. The van der Waals surface area contributed by atoms with E-state index >= 15 is 0 Å². The van der Waals surface area contributed by atoms with E-state index in [1.807, 2.05) is 4.83 Å². The normalized spacial score (nSPS) is 11.7. The fourth-order valence-electron chi connectivity index (χ4n) is 1.98. The number of nitrogens with one attached hydrogen (secondary N) is 1. The van der Waals surface area contributed by atoms with Crippen LogP contribution in [0.2, 0.25) is 0 Å². The minimum Gasteiger partial charge on any atom is -0.474 e. The van der Waals surface area contributed by atoms with Crippen molar-refractivity contribution >= 4 is 27.4 Å². The summed E-state index contributed by atoms with van der Waals surface area (Å²) in [6.07, 6.45) is 0. The van der Waals surface area contributed by atoms with Crippen molar-refractivity contribution in [1.82, 2.24) is 4.83 Å². The number of benzene rings is 2. The minimum absolute atomic E-state index is 0.0740. The smallest absolute Gasteiger partial charge is 0.289 e. The molecule has 0 atom stereocenters. The van der Waals surface area contributed by atoms with Crippen LogP contribution in [-0.2, 0) is 14.8 Å². The number of Topliss-reactive ketones (excluding diaryl/α,β-unsaturated/α-hetero) is 1. The first-order valence-corrected chi connectivity index (χ1v) is 8.90. The maximum Gasteiger partial charge on any atom is 0.289 e. The van der Waals surface area contributed by atoms with Crippen molar-refractivity contribution in [3.05, 3.63) is 70.3 Å². The lowest BCUT2D eigenvalue weighted by atomic mass is 10.1. The van der Waals surface area contributed by atoms with Crippen molar-refractivity contribution in [3.8, 4) is 0 Å². The standard InChI is InChI=1S/C16H15N3O6S/c1-2-25-16(15(20)12-8-4-3-5-9-12)17-18-26(23,24)14-11-7-6-10-13(14)19(21)22/h3-11,18H,2H2,1H3. The molecule has 0 aliphatic rings. The van der Waals surface area contributed by atoms with Gasteiger partial charge in [-0.25, -0.2) is 0 Å². The number of ketones is 1. The number of nitro benzene ring substituents is 1. The predicted octanol–water partition coefficient (Wildman–Crippen LogP) is 2.11. The van der Waals surface area contributed by atoms with Gasteiger partial charge in [-0.2, -0.15) is 13.2 Å². The second kappa shape index (κ2) is 8.21. The van der Waals surface area contributed by atoms with Crippen LogP contribution in [0.15, 0.2) is 64.6 Å². The van der Waals surface area contributed by atoms with Gasteiger partial charge in [-0.3, -0.25) is 14.9 Å². The molecule has 2 rings (SSSR count). The van der Waals surface area contributed by atoms with Gasteiger partial charge < -0.3 is 4.74 Å². The van der Waals surface area contributed by atoms with E-state index in [9.17, 15) is 23.3 Å². The molecule has 1 N–H and O–H groups in total. The van der Waals surface area contributed by atoms with Gasteiger partial charge in [0.1, 0.15) is 0 Å². The molecular formula is C16H15N3O6S. The van der Waals surface area contributed by atoms with Crippen LogP contribution in [0, 0.1) is 10.1 Å². The fraction of sp³-hybridized carbons (Fsp3) is 0.125. The number of para-hydroxylation sites is 1. The number of sulfonamides is 1. The Kier molecular flexibility index (Phi) is 6.02. The number of carbonyl (C=O) groups excluding carboxylic acids is 1. The van der Waals surface area contributed by atoms with E-state index in [0.717, 1.165) is 12.1 Å². The van der Waals surface area contributed by atoms with Crippen molar-refractivity contribution in [3.63, 3.8) is 0 Å². The highest BCUT2D eigenvalue weighted by molar-refractivity contribution is 7.89. The molecule has 0 saturated carbocycles. The lowest BCUT2D eigenvalue weighted by Gasteiger charge is -2.08. The van der Waals surface area contributed by atoms with Crippen LogP contribution in [0.1, 0.15) is 17.3 Å². The summed E-state index contributed by atoms with van der Waals surface area (Å²) in [4.78, 5) is 23.8. The molecule has 0 fully saturated rings. The number of hydrogen-bond acceptors (Lipinski definition) is 7. The molecule has 26 heavy (non-hydrogen) atoms. The zero-order chi connectivity index (χ0) is 19.2. The molecule has 2 aromatic rings. The molecule has 0 aliphatic heterocycles. The SMILES string of the molecule is CCOC(=NNS(=O)(=O)c1ccccc1[N+](=O)[O-])C(=O)c1ccccc1. The zero-order valence-corrected chi connectivity index (χ0v) is 14.5. The highest BCUT2D eigenvalue weighted by Gasteiger charge is 2.26. The number of hydrazone groups is 1. The number of nitrogens with zero attached hydrogens (tertiary/aromatic N) is 2. The number of rotatable bonds is 7. The van der Waals surface area contributed by atoms with Gasteiger partial charge in [0.05, 0.1) is 11.5 Å². The summed E-state index contributed by atoms with van der Waals surface area (Å²) in [6.45, 7) is 1.68. The average Bonchev–Trinajstić information content (AvgIpc) is 2.65. The number of hydrogen-bond donors (Lipinski definition) is 1. The first kappa shape index (κ1) is 19.1. The van der Waals surface area contributed by atoms with Crippen molar-refractivity contribution in [2.45, 2.75) is 11.8 Å². The summed E-state index contributed by atoms with van der Waals surface area (Å²) >= 11 is 0. The Morgan fingerprint density at radius 3 is 2.38 bits per heavy atom. The maximum atomic E-state index is 12.4. The van der Waals surface area contributed by atoms with Crippen LogP contribution in [0.5, 0.6) is 0 Å². The third-order valence-electron chi connectivity index (χ3n) is 3.13. The summed E-state index contributed by atoms with van der Waals surface area (Å²) < 4.78 is 29.8. The molecule has 9 nitrogen and oxygen atoms in total. The van der Waals surface area contributed by atoms with E-state index in [-0.39, 0.29) is 12.2 Å². The second-order valence-electron chi connectivity index (χ2n) is 4.86. The van der Waals surface area contributed by atoms with Crippen LogP contribution in [0.3, 0.4) is 0 Å². The Morgan fingerprint density at radius 1 is 1.15 bits per heavy atom. The van der Waals surface area contributed by atoms with E-state index in [0.29, 0.717) is 0 Å². The summed E-state index contributed by atoms with van der Waals surface area (Å²) in [5, 5.41) is 14.5. The van der Waals surface area contributed by atoms with Crippen molar-refractivity contribution < 1.29 is 22.9 Å². The van der Waals surface area contributed by atoms with E-state index in [4.69, 9.17) is 4.74 Å². The molecule has 0 unspecified atom stereocenters. The van der Waals surface area contributed by atoms with Crippen LogP contribution >= 0.6 is 0 Å². The van der Waals surface area contributed by atoms with Crippen LogP contribution in [-0.4, -0.2) is 31.6 Å². The molecule has 0 bridgehead atoms. The molecular weight excluding hydrogens is 362 g/mol. The van der Waals surface area contributed by atoms with E-state index in [2.05, 4.69) is 5.10 Å². The lowest BCUT2D eigenvalue weighted by molar-refractivity contribution is -0.387. The van der Waals surface area contributed by atoms with Crippen molar-refractivity contribution in [2.24, 2.45) is 5.10 Å². The summed E-state index contributed by atoms with van der Waals surface area (Å²) in [6, 6.07) is 12.8. The molecule has 2 aromatic carbocycles. The minimum atomic E-state index is -4.38. The molecule has 0 radical (unpaired) electrons. The molecule has 136 valence electrons. The van der Waals surface area contributed by atoms with Gasteiger partial charge in [0, 0.05) is 11.6 Å².